The van der Waals surface area contributed by atoms with Gasteiger partial charge in [-0.15, -0.1) is 6.58 Å². The summed E-state index contributed by atoms with van der Waals surface area (Å²) in [6.45, 7) is 16.9. The molecule has 5 unspecified atom stereocenters. The molecule has 1 aliphatic carbocycles. The summed E-state index contributed by atoms with van der Waals surface area (Å²) in [6.07, 6.45) is -0.124. The van der Waals surface area contributed by atoms with Crippen LogP contribution in [0.25, 0.3) is 22.2 Å². The van der Waals surface area contributed by atoms with Gasteiger partial charge in [0.25, 0.3) is 15.9 Å². The lowest BCUT2D eigenvalue weighted by molar-refractivity contribution is -0.143. The van der Waals surface area contributed by atoms with Gasteiger partial charge in [0.1, 0.15) is 46.5 Å². The van der Waals surface area contributed by atoms with Gasteiger partial charge in [-0.25, -0.2) is 22.9 Å². The van der Waals surface area contributed by atoms with Crippen LogP contribution in [0.5, 0.6) is 11.5 Å². The molecule has 4 amide bonds. The summed E-state index contributed by atoms with van der Waals surface area (Å²) < 4.78 is 51.6. The van der Waals surface area contributed by atoms with Crippen LogP contribution in [-0.4, -0.2) is 90.3 Å². The van der Waals surface area contributed by atoms with Crippen molar-refractivity contribution in [2.45, 2.75) is 102 Å². The standard InChI is InChI=1S/C43H52N6O10S/c1-11-27-22-43(27,39(52)48-60(54,55)35-24(2)47-59-25(35)3)46-37(50)33-20-29(23-49(33)38(51)36(41(4,5)6)45-40(53)58-42(7,8)9)57-34-21-31(26-15-13-12-14-16-26)44-32-19-28(56-10)17-18-30(32)34/h11-19,21,27,29,33,36H,1,20,22-23H2,2-10H3,(H,45,53)(H,46,50)(H,48,52). The Morgan fingerprint density at radius 2 is 1.73 bits per heavy atom. The number of aryl methyl sites for hydroxylation is 2. The summed E-state index contributed by atoms with van der Waals surface area (Å²) in [7, 11) is -2.91. The molecule has 16 nitrogen and oxygen atoms in total. The molecular formula is C43H52N6O10S. The van der Waals surface area contributed by atoms with Crippen LogP contribution in [0.1, 0.15) is 65.8 Å². The first-order chi connectivity index (χ1) is 28.1. The second-order valence-corrected chi connectivity index (χ2v) is 18.9. The molecule has 17 heteroatoms. The Labute approximate surface area is 349 Å². The van der Waals surface area contributed by atoms with Crippen molar-refractivity contribution in [1.82, 2.24) is 30.4 Å². The van der Waals surface area contributed by atoms with Gasteiger partial charge in [-0.3, -0.25) is 14.4 Å². The maximum atomic E-state index is 14.8. The summed E-state index contributed by atoms with van der Waals surface area (Å²) in [5.74, 6) is -1.94. The third-order valence-electron chi connectivity index (χ3n) is 10.5. The van der Waals surface area contributed by atoms with E-state index in [2.05, 4.69) is 27.1 Å². The van der Waals surface area contributed by atoms with Gasteiger partial charge in [0.2, 0.25) is 11.8 Å². The number of benzene rings is 2. The molecule has 2 aromatic carbocycles. The average molecular weight is 845 g/mol. The average Bonchev–Trinajstić information content (AvgIpc) is 3.53. The molecule has 1 aliphatic heterocycles. The number of ether oxygens (including phenoxy) is 3. The Hall–Kier alpha value is -5.97. The number of rotatable bonds is 12. The van der Waals surface area contributed by atoms with Gasteiger partial charge < -0.3 is 34.3 Å². The smallest absolute Gasteiger partial charge is 0.408 e. The number of likely N-dealkylation sites (tertiary alicyclic amines) is 1. The van der Waals surface area contributed by atoms with E-state index in [0.717, 1.165) is 5.56 Å². The molecular weight excluding hydrogens is 793 g/mol. The molecule has 3 heterocycles. The second-order valence-electron chi connectivity index (χ2n) is 17.3. The topological polar surface area (TPSA) is 208 Å². The highest BCUT2D eigenvalue weighted by Gasteiger charge is 2.62. The number of carbonyl (C=O) groups is 4. The summed E-state index contributed by atoms with van der Waals surface area (Å²) in [4.78, 5) is 62.3. The largest absolute Gasteiger partial charge is 0.497 e. The Bertz CT molecular complexity index is 2420. The molecule has 4 aromatic rings. The zero-order valence-electron chi connectivity index (χ0n) is 35.2. The Morgan fingerprint density at radius 3 is 2.32 bits per heavy atom. The molecule has 2 aromatic heterocycles. The van der Waals surface area contributed by atoms with Crippen molar-refractivity contribution in [3.8, 4) is 22.8 Å². The SMILES string of the molecule is C=CC1CC1(NC(=O)C1CC(Oc2cc(-c3ccccc3)nc3cc(OC)ccc23)CN1C(=O)C(NC(=O)OC(C)(C)C)C(C)(C)C)C(=O)NS(=O)(=O)c1c(C)noc1C. The monoisotopic (exact) mass is 844 g/mol. The molecule has 0 bridgehead atoms. The van der Waals surface area contributed by atoms with Gasteiger partial charge in [-0.2, -0.15) is 0 Å². The third-order valence-corrected chi connectivity index (χ3v) is 12.1. The van der Waals surface area contributed by atoms with E-state index in [0.29, 0.717) is 28.1 Å². The number of carbonyl (C=O) groups excluding carboxylic acids is 4. The van der Waals surface area contributed by atoms with Crippen LogP contribution in [0, 0.1) is 25.2 Å². The minimum absolute atomic E-state index is 0.0153. The third kappa shape index (κ3) is 9.10. The van der Waals surface area contributed by atoms with Gasteiger partial charge >= 0.3 is 6.09 Å². The van der Waals surface area contributed by atoms with Gasteiger partial charge in [-0.1, -0.05) is 62.3 Å². The summed E-state index contributed by atoms with van der Waals surface area (Å²) in [5.41, 5.74) is -1.35. The fourth-order valence-corrected chi connectivity index (χ4v) is 8.78. The molecule has 6 rings (SSSR count). The van der Waals surface area contributed by atoms with Crippen molar-refractivity contribution in [3.63, 3.8) is 0 Å². The van der Waals surface area contributed by atoms with Crippen LogP contribution in [0.3, 0.4) is 0 Å². The molecule has 60 heavy (non-hydrogen) atoms. The van der Waals surface area contributed by atoms with E-state index >= 15 is 0 Å². The first-order valence-electron chi connectivity index (χ1n) is 19.5. The molecule has 0 radical (unpaired) electrons. The number of nitrogens with zero attached hydrogens (tertiary/aromatic N) is 3. The van der Waals surface area contributed by atoms with Gasteiger partial charge in [0.15, 0.2) is 10.7 Å². The number of fused-ring (bicyclic) bond motifs is 1. The number of sulfonamides is 1. The maximum Gasteiger partial charge on any atom is 0.408 e. The van der Waals surface area contributed by atoms with Gasteiger partial charge in [0.05, 0.1) is 24.9 Å². The van der Waals surface area contributed by atoms with Crippen molar-refractivity contribution in [1.29, 1.82) is 0 Å². The van der Waals surface area contributed by atoms with Crippen LogP contribution in [0.2, 0.25) is 0 Å². The van der Waals surface area contributed by atoms with E-state index in [1.165, 1.54) is 24.8 Å². The quantitative estimate of drug-likeness (QED) is 0.154. The first kappa shape index (κ1) is 43.6. The van der Waals surface area contributed by atoms with E-state index < -0.39 is 74.5 Å². The molecule has 0 spiro atoms. The number of amides is 4. The predicted octanol–water partition coefficient (Wildman–Crippen LogP) is 5.37. The second kappa shape index (κ2) is 16.2. The lowest BCUT2D eigenvalue weighted by atomic mass is 9.85. The van der Waals surface area contributed by atoms with Gasteiger partial charge in [0, 0.05) is 35.4 Å². The number of alkyl carbamates (subject to hydrolysis) is 1. The van der Waals surface area contributed by atoms with Crippen LogP contribution < -0.4 is 24.8 Å². The Kier molecular flexibility index (Phi) is 11.8. The van der Waals surface area contributed by atoms with E-state index in [9.17, 15) is 27.6 Å². The molecule has 2 fully saturated rings. The number of aromatic nitrogens is 2. The molecule has 2 aliphatic rings. The molecule has 320 valence electrons. The van der Waals surface area contributed by atoms with E-state index in [1.807, 2.05) is 36.4 Å². The van der Waals surface area contributed by atoms with Crippen LogP contribution in [-0.2, 0) is 29.1 Å². The van der Waals surface area contributed by atoms with Crippen LogP contribution >= 0.6 is 0 Å². The zero-order chi connectivity index (χ0) is 43.9. The number of hydrogen-bond donors (Lipinski definition) is 3. The fourth-order valence-electron chi connectivity index (χ4n) is 7.41. The molecule has 5 atom stereocenters. The van der Waals surface area contributed by atoms with Crippen molar-refractivity contribution < 1.29 is 46.3 Å². The molecule has 3 N–H and O–H groups in total. The van der Waals surface area contributed by atoms with Crippen molar-refractivity contribution in [2.75, 3.05) is 13.7 Å². The first-order valence-corrected chi connectivity index (χ1v) is 21.0. The minimum atomic E-state index is -4.46. The number of hydrogen-bond acceptors (Lipinski definition) is 12. The number of methoxy groups -OCH3 is 1. The lowest BCUT2D eigenvalue weighted by Crippen LogP contribution is -2.60. The normalized spacial score (nSPS) is 20.8. The number of nitrogens with one attached hydrogen (secondary N) is 3. The van der Waals surface area contributed by atoms with Gasteiger partial charge in [-0.05, 0) is 58.6 Å². The molecule has 1 saturated heterocycles. The highest BCUT2D eigenvalue weighted by Crippen LogP contribution is 2.45. The Balaban J connectivity index is 1.35. The zero-order valence-corrected chi connectivity index (χ0v) is 36.1. The van der Waals surface area contributed by atoms with E-state index in [-0.39, 0.29) is 35.7 Å². The van der Waals surface area contributed by atoms with Crippen LogP contribution in [0.4, 0.5) is 4.79 Å². The van der Waals surface area contributed by atoms with Crippen molar-refractivity contribution in [3.05, 3.63) is 78.7 Å². The van der Waals surface area contributed by atoms with Crippen molar-refractivity contribution in [2.24, 2.45) is 11.3 Å². The summed E-state index contributed by atoms with van der Waals surface area (Å²) >= 11 is 0. The highest BCUT2D eigenvalue weighted by molar-refractivity contribution is 7.90. The Morgan fingerprint density at radius 1 is 1.03 bits per heavy atom. The molecule has 1 saturated carbocycles. The van der Waals surface area contributed by atoms with E-state index in [1.54, 1.807) is 66.9 Å². The summed E-state index contributed by atoms with van der Waals surface area (Å²) in [5, 5.41) is 9.85. The maximum absolute atomic E-state index is 14.8. The minimum Gasteiger partial charge on any atom is -0.497 e. The van der Waals surface area contributed by atoms with E-state index in [4.69, 9.17) is 23.7 Å². The highest BCUT2D eigenvalue weighted by atomic mass is 32.2. The number of pyridine rings is 1. The lowest BCUT2D eigenvalue weighted by Gasteiger charge is -2.36. The predicted molar refractivity (Wildman–Crippen MR) is 221 cm³/mol. The van der Waals surface area contributed by atoms with Crippen LogP contribution in [0.15, 0.2) is 76.7 Å². The van der Waals surface area contributed by atoms with Crippen molar-refractivity contribution >= 4 is 44.7 Å². The summed E-state index contributed by atoms with van der Waals surface area (Å²) in [6, 6.07) is 14.3. The fraction of sp³-hybridized carbons (Fsp3) is 0.442.